The van der Waals surface area contributed by atoms with Crippen LogP contribution in [0.4, 0.5) is 0 Å². The number of ether oxygens (including phenoxy) is 1. The summed E-state index contributed by atoms with van der Waals surface area (Å²) in [4.78, 5) is 0. The largest absolute Gasteiger partial charge is 0.372 e. The van der Waals surface area contributed by atoms with E-state index in [-0.39, 0.29) is 11.6 Å². The maximum Gasteiger partial charge on any atom is 0.0949 e. The number of halogens is 1. The van der Waals surface area contributed by atoms with Gasteiger partial charge in [0.1, 0.15) is 0 Å². The summed E-state index contributed by atoms with van der Waals surface area (Å²) in [6.45, 7) is 8.32. The Balaban J connectivity index is 1.97. The zero-order valence-electron chi connectivity index (χ0n) is 12.1. The van der Waals surface area contributed by atoms with Gasteiger partial charge in [-0.25, -0.2) is 0 Å². The molecule has 106 valence electrons. The van der Waals surface area contributed by atoms with Crippen LogP contribution < -0.4 is 5.32 Å². The van der Waals surface area contributed by atoms with Gasteiger partial charge in [-0.05, 0) is 57.2 Å². The molecule has 0 spiro atoms. The quantitative estimate of drug-likeness (QED) is 0.841. The van der Waals surface area contributed by atoms with Crippen LogP contribution in [-0.4, -0.2) is 18.7 Å². The van der Waals surface area contributed by atoms with Crippen LogP contribution in [0.1, 0.15) is 45.3 Å². The summed E-state index contributed by atoms with van der Waals surface area (Å²) in [6.07, 6.45) is 2.81. The number of rotatable bonds is 6. The van der Waals surface area contributed by atoms with Crippen LogP contribution in [0.2, 0.25) is 0 Å². The first-order chi connectivity index (χ1) is 8.94. The van der Waals surface area contributed by atoms with Crippen LogP contribution in [0.3, 0.4) is 0 Å². The summed E-state index contributed by atoms with van der Waals surface area (Å²) >= 11 is 3.48. The van der Waals surface area contributed by atoms with E-state index in [0.29, 0.717) is 0 Å². The lowest BCUT2D eigenvalue weighted by Gasteiger charge is -2.26. The molecule has 1 fully saturated rings. The van der Waals surface area contributed by atoms with Crippen molar-refractivity contribution < 1.29 is 4.74 Å². The van der Waals surface area contributed by atoms with E-state index in [9.17, 15) is 0 Å². The minimum atomic E-state index is 0.122. The van der Waals surface area contributed by atoms with Crippen LogP contribution >= 0.6 is 15.9 Å². The van der Waals surface area contributed by atoms with Gasteiger partial charge in [0.05, 0.1) is 12.7 Å². The summed E-state index contributed by atoms with van der Waals surface area (Å²) in [5.41, 5.74) is 1.37. The predicted molar refractivity (Wildman–Crippen MR) is 83.3 cm³/mol. The highest BCUT2D eigenvalue weighted by Gasteiger charge is 2.24. The third kappa shape index (κ3) is 5.64. The Hall–Kier alpha value is -0.380. The summed E-state index contributed by atoms with van der Waals surface area (Å²) in [5, 5.41) is 3.54. The van der Waals surface area contributed by atoms with Gasteiger partial charge in [-0.3, -0.25) is 0 Å². The smallest absolute Gasteiger partial charge is 0.0949 e. The zero-order valence-corrected chi connectivity index (χ0v) is 13.7. The fourth-order valence-electron chi connectivity index (χ4n) is 1.89. The molecule has 1 saturated carbocycles. The second-order valence-electron chi connectivity index (χ2n) is 6.45. The lowest BCUT2D eigenvalue weighted by molar-refractivity contribution is 0.0412. The van der Waals surface area contributed by atoms with Gasteiger partial charge in [0.2, 0.25) is 0 Å². The van der Waals surface area contributed by atoms with Crippen LogP contribution in [0.25, 0.3) is 0 Å². The van der Waals surface area contributed by atoms with E-state index in [4.69, 9.17) is 4.74 Å². The molecule has 19 heavy (non-hydrogen) atoms. The highest BCUT2D eigenvalue weighted by atomic mass is 79.9. The molecule has 2 nitrogen and oxygen atoms in total. The van der Waals surface area contributed by atoms with Gasteiger partial charge in [-0.2, -0.15) is 0 Å². The van der Waals surface area contributed by atoms with E-state index < -0.39 is 0 Å². The Morgan fingerprint density at radius 1 is 1.26 bits per heavy atom. The van der Waals surface area contributed by atoms with Gasteiger partial charge >= 0.3 is 0 Å². The second kappa shape index (κ2) is 6.38. The molecule has 0 radical (unpaired) electrons. The van der Waals surface area contributed by atoms with Crippen molar-refractivity contribution in [2.75, 3.05) is 13.2 Å². The van der Waals surface area contributed by atoms with Crippen molar-refractivity contribution in [3.05, 3.63) is 34.3 Å². The van der Waals surface area contributed by atoms with Crippen molar-refractivity contribution in [3.63, 3.8) is 0 Å². The van der Waals surface area contributed by atoms with Gasteiger partial charge in [0.15, 0.2) is 0 Å². The summed E-state index contributed by atoms with van der Waals surface area (Å²) in [6, 6.07) is 8.46. The van der Waals surface area contributed by atoms with E-state index >= 15 is 0 Å². The third-order valence-electron chi connectivity index (χ3n) is 3.29. The molecule has 1 aliphatic rings. The fourth-order valence-corrected chi connectivity index (χ4v) is 2.15. The molecule has 0 aromatic heterocycles. The van der Waals surface area contributed by atoms with E-state index in [1.54, 1.807) is 0 Å². The van der Waals surface area contributed by atoms with Crippen LogP contribution in [0, 0.1) is 5.92 Å². The summed E-state index contributed by atoms with van der Waals surface area (Å²) in [7, 11) is 0. The average Bonchev–Trinajstić information content (AvgIpc) is 3.13. The van der Waals surface area contributed by atoms with Gasteiger partial charge in [-0.1, -0.05) is 28.1 Å². The minimum Gasteiger partial charge on any atom is -0.372 e. The number of hydrogen-bond donors (Lipinski definition) is 1. The minimum absolute atomic E-state index is 0.122. The van der Waals surface area contributed by atoms with Crippen molar-refractivity contribution >= 4 is 15.9 Å². The topological polar surface area (TPSA) is 21.3 Å². The Kier molecular flexibility index (Phi) is 5.04. The standard InChI is InChI=1S/C16H24BrNO/c1-16(2,3)18-10-15(19-11-12-4-5-12)13-6-8-14(17)9-7-13/h6-9,12,15,18H,4-5,10-11H2,1-3H3. The Bertz CT molecular complexity index is 392. The predicted octanol–water partition coefficient (Wildman–Crippen LogP) is 4.30. The molecule has 3 heteroatoms. The fraction of sp³-hybridized carbons (Fsp3) is 0.625. The first kappa shape index (κ1) is 15.0. The van der Waals surface area contributed by atoms with Gasteiger partial charge in [-0.15, -0.1) is 0 Å². The van der Waals surface area contributed by atoms with Crippen LogP contribution in [0.15, 0.2) is 28.7 Å². The molecule has 0 aliphatic heterocycles. The lowest BCUT2D eigenvalue weighted by atomic mass is 10.1. The van der Waals surface area contributed by atoms with Crippen molar-refractivity contribution in [1.82, 2.24) is 5.32 Å². The molecule has 0 heterocycles. The molecule has 1 unspecified atom stereocenters. The van der Waals surface area contributed by atoms with E-state index in [2.05, 4.69) is 66.3 Å². The molecule has 0 bridgehead atoms. The number of benzene rings is 1. The number of nitrogens with one attached hydrogen (secondary N) is 1. The SMILES string of the molecule is CC(C)(C)NCC(OCC1CC1)c1ccc(Br)cc1. The van der Waals surface area contributed by atoms with Crippen molar-refractivity contribution in [2.45, 2.75) is 45.3 Å². The van der Waals surface area contributed by atoms with E-state index in [0.717, 1.165) is 23.5 Å². The molecule has 1 aromatic carbocycles. The summed E-state index contributed by atoms with van der Waals surface area (Å²) in [5.74, 6) is 0.799. The average molecular weight is 326 g/mol. The van der Waals surface area contributed by atoms with Gasteiger partial charge in [0.25, 0.3) is 0 Å². The van der Waals surface area contributed by atoms with Crippen molar-refractivity contribution in [2.24, 2.45) is 5.92 Å². The third-order valence-corrected chi connectivity index (χ3v) is 3.82. The molecule has 1 atom stereocenters. The molecule has 1 N–H and O–H groups in total. The highest BCUT2D eigenvalue weighted by molar-refractivity contribution is 9.10. The first-order valence-electron chi connectivity index (χ1n) is 7.06. The van der Waals surface area contributed by atoms with Gasteiger partial charge in [0, 0.05) is 16.6 Å². The van der Waals surface area contributed by atoms with Crippen LogP contribution in [-0.2, 0) is 4.74 Å². The van der Waals surface area contributed by atoms with E-state index in [1.807, 2.05) is 0 Å². The summed E-state index contributed by atoms with van der Waals surface area (Å²) < 4.78 is 7.22. The maximum atomic E-state index is 6.11. The normalized spacial score (nSPS) is 17.5. The first-order valence-corrected chi connectivity index (χ1v) is 7.85. The number of hydrogen-bond acceptors (Lipinski definition) is 2. The molecule has 1 aromatic rings. The van der Waals surface area contributed by atoms with Crippen molar-refractivity contribution in [3.8, 4) is 0 Å². The Labute approximate surface area is 125 Å². The monoisotopic (exact) mass is 325 g/mol. The van der Waals surface area contributed by atoms with Gasteiger partial charge < -0.3 is 10.1 Å². The van der Waals surface area contributed by atoms with E-state index in [1.165, 1.54) is 18.4 Å². The van der Waals surface area contributed by atoms with Crippen LogP contribution in [0.5, 0.6) is 0 Å². The molecule has 1 aliphatic carbocycles. The Morgan fingerprint density at radius 3 is 2.42 bits per heavy atom. The molecule has 2 rings (SSSR count). The second-order valence-corrected chi connectivity index (χ2v) is 7.36. The highest BCUT2D eigenvalue weighted by Crippen LogP contribution is 2.31. The molecular formula is C16H24BrNO. The Morgan fingerprint density at radius 2 is 1.89 bits per heavy atom. The molecule has 0 saturated heterocycles. The zero-order chi connectivity index (χ0) is 13.9. The maximum absolute atomic E-state index is 6.11. The van der Waals surface area contributed by atoms with Crippen molar-refractivity contribution in [1.29, 1.82) is 0 Å². The molecule has 0 amide bonds. The molecular weight excluding hydrogens is 302 g/mol. The lowest BCUT2D eigenvalue weighted by Crippen LogP contribution is -2.39.